The fourth-order valence-electron chi connectivity index (χ4n) is 1.25. The molecule has 0 aliphatic carbocycles. The number of hydrogen-bond donors (Lipinski definition) is 0. The maximum atomic E-state index is 11.6. The fourth-order valence-corrected chi connectivity index (χ4v) is 2.85. The molecule has 0 saturated heterocycles. The van der Waals surface area contributed by atoms with Crippen molar-refractivity contribution in [2.45, 2.75) is 77.8 Å². The van der Waals surface area contributed by atoms with Gasteiger partial charge in [0.1, 0.15) is 8.07 Å². The normalized spacial score (nSPS) is 12.8. The maximum absolute atomic E-state index is 11.6. The Bertz CT molecular complexity index is 376. The molecule has 0 aliphatic rings. The molecule has 20 heavy (non-hydrogen) atoms. The van der Waals surface area contributed by atoms with Crippen LogP contribution in [-0.2, 0) is 9.22 Å². The lowest BCUT2D eigenvalue weighted by molar-refractivity contribution is -0.113. The second-order valence-corrected chi connectivity index (χ2v) is 17.5. The van der Waals surface area contributed by atoms with Crippen molar-refractivity contribution >= 4 is 22.2 Å². The zero-order valence-electron chi connectivity index (χ0n) is 14.6. The molecule has 0 saturated carbocycles. The number of hydrogen-bond acceptors (Lipinski definition) is 2. The number of Topliss-reactive ketones (excluding diaryl/α,β-unsaturated/α-hetero) is 1. The highest BCUT2D eigenvalue weighted by Crippen LogP contribution is 2.36. The van der Waals surface area contributed by atoms with Crippen LogP contribution < -0.4 is 0 Å². The second-order valence-electron chi connectivity index (χ2n) is 7.99. The summed E-state index contributed by atoms with van der Waals surface area (Å²) in [6.07, 6.45) is 2.40. The Morgan fingerprint density at radius 2 is 1.60 bits per heavy atom. The molecular formula is C16H32O2Si2. The molecule has 4 heteroatoms. The van der Waals surface area contributed by atoms with Gasteiger partial charge in [0.05, 0.1) is 0 Å². The minimum Gasteiger partial charge on any atom is -0.417 e. The highest BCUT2D eigenvalue weighted by atomic mass is 28.4. The van der Waals surface area contributed by atoms with E-state index in [2.05, 4.69) is 65.0 Å². The summed E-state index contributed by atoms with van der Waals surface area (Å²) in [5, 5.41) is 0.256. The van der Waals surface area contributed by atoms with Gasteiger partial charge in [-0.1, -0.05) is 40.4 Å². The number of ketones is 1. The average Bonchev–Trinajstić information content (AvgIpc) is 2.23. The Morgan fingerprint density at radius 3 is 2.05 bits per heavy atom. The van der Waals surface area contributed by atoms with E-state index in [1.807, 2.05) is 0 Å². The maximum Gasteiger partial charge on any atom is 0.204 e. The number of unbranched alkanes of at least 4 members (excludes halogenated alkanes) is 1. The summed E-state index contributed by atoms with van der Waals surface area (Å²) in [6.45, 7) is 18.5. The van der Waals surface area contributed by atoms with Crippen LogP contribution in [0.4, 0.5) is 0 Å². The van der Waals surface area contributed by atoms with E-state index in [-0.39, 0.29) is 10.8 Å². The summed E-state index contributed by atoms with van der Waals surface area (Å²) in [4.78, 5) is 11.6. The van der Waals surface area contributed by atoms with Crippen molar-refractivity contribution in [3.63, 3.8) is 0 Å². The van der Waals surface area contributed by atoms with Gasteiger partial charge in [-0.05, 0) is 36.9 Å². The molecule has 0 N–H and O–H groups in total. The highest BCUT2D eigenvalue weighted by molar-refractivity contribution is 6.84. The number of carbonyl (C=O) groups is 1. The van der Waals surface area contributed by atoms with Gasteiger partial charge >= 0.3 is 0 Å². The summed E-state index contributed by atoms with van der Waals surface area (Å²) in [5.41, 5.74) is 3.12. The average molecular weight is 313 g/mol. The molecular weight excluding hydrogens is 280 g/mol. The van der Waals surface area contributed by atoms with Crippen LogP contribution in [0.3, 0.4) is 0 Å². The molecule has 116 valence electrons. The number of carbonyl (C=O) groups excluding carboxylic acids is 1. The van der Waals surface area contributed by atoms with Crippen LogP contribution >= 0.6 is 0 Å². The quantitative estimate of drug-likeness (QED) is 0.406. The van der Waals surface area contributed by atoms with Gasteiger partial charge in [-0.2, -0.15) is 0 Å². The Kier molecular flexibility index (Phi) is 7.44. The molecule has 0 aromatic rings. The highest BCUT2D eigenvalue weighted by Gasteiger charge is 2.36. The van der Waals surface area contributed by atoms with Crippen LogP contribution in [0, 0.1) is 11.5 Å². The van der Waals surface area contributed by atoms with Crippen LogP contribution in [0.5, 0.6) is 0 Å². The summed E-state index contributed by atoms with van der Waals surface area (Å²) in [6, 6.07) is 0. The van der Waals surface area contributed by atoms with Crippen molar-refractivity contribution in [3.8, 4) is 11.5 Å². The predicted molar refractivity (Wildman–Crippen MR) is 93.1 cm³/mol. The second kappa shape index (κ2) is 7.58. The van der Waals surface area contributed by atoms with Crippen LogP contribution in [0.25, 0.3) is 0 Å². The van der Waals surface area contributed by atoms with E-state index in [0.29, 0.717) is 6.42 Å². The van der Waals surface area contributed by atoms with Gasteiger partial charge < -0.3 is 4.43 Å². The Labute approximate surface area is 127 Å². The van der Waals surface area contributed by atoms with Crippen LogP contribution in [0.15, 0.2) is 0 Å². The van der Waals surface area contributed by atoms with E-state index in [1.165, 1.54) is 0 Å². The van der Waals surface area contributed by atoms with E-state index in [9.17, 15) is 4.79 Å². The minimum absolute atomic E-state index is 0.0831. The molecule has 0 aliphatic heterocycles. The molecule has 0 amide bonds. The lowest BCUT2D eigenvalue weighted by Gasteiger charge is -2.36. The first kappa shape index (κ1) is 19.6. The molecule has 0 aromatic heterocycles. The Morgan fingerprint density at radius 1 is 1.05 bits per heavy atom. The van der Waals surface area contributed by atoms with E-state index in [4.69, 9.17) is 4.43 Å². The Balaban J connectivity index is 3.94. The zero-order valence-corrected chi connectivity index (χ0v) is 16.6. The minimum atomic E-state index is -1.63. The molecule has 0 heterocycles. The van der Waals surface area contributed by atoms with Crippen molar-refractivity contribution in [3.05, 3.63) is 0 Å². The van der Waals surface area contributed by atoms with Gasteiger partial charge in [-0.3, -0.25) is 4.79 Å². The molecule has 0 bridgehead atoms. The van der Waals surface area contributed by atoms with Crippen LogP contribution in [-0.4, -0.2) is 28.8 Å². The largest absolute Gasteiger partial charge is 0.417 e. The summed E-state index contributed by atoms with van der Waals surface area (Å²) >= 11 is 0. The number of rotatable bonds is 6. The zero-order chi connectivity index (χ0) is 16.0. The van der Waals surface area contributed by atoms with E-state index in [1.54, 1.807) is 0 Å². The molecule has 0 rings (SSSR count). The topological polar surface area (TPSA) is 26.3 Å². The molecule has 0 aromatic carbocycles. The molecule has 0 spiro atoms. The van der Waals surface area contributed by atoms with E-state index >= 15 is 0 Å². The van der Waals surface area contributed by atoms with Crippen LogP contribution in [0.1, 0.15) is 40.0 Å². The van der Waals surface area contributed by atoms with Crippen LogP contribution in [0.2, 0.25) is 37.8 Å². The van der Waals surface area contributed by atoms with Crippen molar-refractivity contribution < 1.29 is 9.22 Å². The van der Waals surface area contributed by atoms with Crippen molar-refractivity contribution in [2.24, 2.45) is 0 Å². The molecule has 2 nitrogen and oxygen atoms in total. The first-order valence-electron chi connectivity index (χ1n) is 7.55. The third-order valence-corrected chi connectivity index (χ3v) is 9.06. The van der Waals surface area contributed by atoms with E-state index < -0.39 is 16.4 Å². The van der Waals surface area contributed by atoms with Gasteiger partial charge in [0, 0.05) is 13.0 Å². The third-order valence-electron chi connectivity index (χ3n) is 3.64. The van der Waals surface area contributed by atoms with Crippen molar-refractivity contribution in [1.29, 1.82) is 0 Å². The third kappa shape index (κ3) is 8.73. The SMILES string of the molecule is CC(C)(C)[Si](C)(C)OCCCCC(=O)C#C[Si](C)(C)C. The lowest BCUT2D eigenvalue weighted by Crippen LogP contribution is -2.40. The lowest BCUT2D eigenvalue weighted by atomic mass is 10.2. The monoisotopic (exact) mass is 312 g/mol. The molecule has 0 radical (unpaired) electrons. The first-order chi connectivity index (χ1) is 8.85. The summed E-state index contributed by atoms with van der Waals surface area (Å²) in [5.74, 6) is 2.88. The standard InChI is InChI=1S/C16H32O2Si2/c1-16(2,3)20(7,8)18-13-10-9-11-15(17)12-14-19(4,5)6/h9-11,13H2,1-8H3. The van der Waals surface area contributed by atoms with Gasteiger partial charge in [0.25, 0.3) is 0 Å². The smallest absolute Gasteiger partial charge is 0.204 e. The van der Waals surface area contributed by atoms with Crippen molar-refractivity contribution in [2.75, 3.05) is 6.61 Å². The fraction of sp³-hybridized carbons (Fsp3) is 0.812. The first-order valence-corrected chi connectivity index (χ1v) is 14.0. The summed E-state index contributed by atoms with van der Waals surface area (Å²) in [7, 11) is -3.05. The van der Waals surface area contributed by atoms with Crippen molar-refractivity contribution in [1.82, 2.24) is 0 Å². The molecule has 0 atom stereocenters. The van der Waals surface area contributed by atoms with Gasteiger partial charge in [-0.25, -0.2) is 0 Å². The van der Waals surface area contributed by atoms with Gasteiger partial charge in [0.2, 0.25) is 5.78 Å². The van der Waals surface area contributed by atoms with Gasteiger partial charge in [-0.15, -0.1) is 5.54 Å². The predicted octanol–water partition coefficient (Wildman–Crippen LogP) is 4.63. The molecule has 0 unspecified atom stereocenters. The van der Waals surface area contributed by atoms with Gasteiger partial charge in [0.15, 0.2) is 8.32 Å². The summed E-state index contributed by atoms with van der Waals surface area (Å²) < 4.78 is 6.09. The Hall–Kier alpha value is -0.376. The molecule has 0 fully saturated rings. The van der Waals surface area contributed by atoms with E-state index in [0.717, 1.165) is 19.4 Å².